The van der Waals surface area contributed by atoms with E-state index in [-0.39, 0.29) is 6.61 Å². The van der Waals surface area contributed by atoms with E-state index in [4.69, 9.17) is 14.9 Å². The lowest BCUT2D eigenvalue weighted by Gasteiger charge is -2.13. The summed E-state index contributed by atoms with van der Waals surface area (Å²) in [6.07, 6.45) is 1.46. The summed E-state index contributed by atoms with van der Waals surface area (Å²) in [6.45, 7) is 1.32. The number of hydrogen-bond acceptors (Lipinski definition) is 7. The molecule has 0 aliphatic carbocycles. The van der Waals surface area contributed by atoms with Gasteiger partial charge in [-0.15, -0.1) is 0 Å². The molecule has 9 nitrogen and oxygen atoms in total. The van der Waals surface area contributed by atoms with Crippen LogP contribution in [-0.4, -0.2) is 66.1 Å². The molecule has 2 heterocycles. The molecular formula is C11H17N3O6. The first kappa shape index (κ1) is 16.2. The largest absolute Gasteiger partial charge is 0.478 e. The zero-order chi connectivity index (χ0) is 15.1. The Kier molecular flexibility index (Phi) is 6.25. The maximum atomic E-state index is 9.56. The Morgan fingerprint density at radius 2 is 2.15 bits per heavy atom. The predicted octanol–water partition coefficient (Wildman–Crippen LogP) is -1.46. The van der Waals surface area contributed by atoms with Crippen LogP contribution in [0, 0.1) is 0 Å². The van der Waals surface area contributed by atoms with E-state index in [0.717, 1.165) is 6.08 Å². The monoisotopic (exact) mass is 287 g/mol. The molecule has 112 valence electrons. The first-order valence-corrected chi connectivity index (χ1v) is 5.83. The summed E-state index contributed by atoms with van der Waals surface area (Å²) < 4.78 is 6.49. The molecule has 0 amide bonds. The van der Waals surface area contributed by atoms with Crippen molar-refractivity contribution in [2.75, 3.05) is 6.61 Å². The summed E-state index contributed by atoms with van der Waals surface area (Å²) in [5, 5.41) is 39.4. The minimum absolute atomic E-state index is 0.344. The van der Waals surface area contributed by atoms with Gasteiger partial charge in [0.25, 0.3) is 0 Å². The Morgan fingerprint density at radius 1 is 1.45 bits per heavy atom. The first-order chi connectivity index (χ1) is 9.51. The molecular weight excluding hydrogens is 270 g/mol. The van der Waals surface area contributed by atoms with Crippen molar-refractivity contribution in [3.8, 4) is 0 Å². The van der Waals surface area contributed by atoms with E-state index in [0.29, 0.717) is 0 Å². The fourth-order valence-electron chi connectivity index (χ4n) is 1.59. The van der Waals surface area contributed by atoms with Gasteiger partial charge in [0.05, 0.1) is 6.61 Å². The maximum absolute atomic E-state index is 9.56. The summed E-state index contributed by atoms with van der Waals surface area (Å²) >= 11 is 0. The summed E-state index contributed by atoms with van der Waals surface area (Å²) in [6, 6.07) is 0. The first-order valence-electron chi connectivity index (χ1n) is 5.83. The van der Waals surface area contributed by atoms with E-state index < -0.39 is 30.5 Å². The number of aliphatic hydroxyl groups excluding tert-OH is 3. The number of nitrogens with zero attached hydrogens (tertiary/aromatic N) is 3. The zero-order valence-electron chi connectivity index (χ0n) is 10.8. The predicted molar refractivity (Wildman–Crippen MR) is 65.5 cm³/mol. The van der Waals surface area contributed by atoms with Crippen LogP contribution in [0.2, 0.25) is 0 Å². The highest BCUT2D eigenvalue weighted by Gasteiger charge is 2.43. The van der Waals surface area contributed by atoms with Gasteiger partial charge < -0.3 is 25.2 Å². The molecule has 2 rings (SSSR count). The van der Waals surface area contributed by atoms with E-state index >= 15 is 0 Å². The number of aromatic nitrogens is 3. The third kappa shape index (κ3) is 4.10. The maximum Gasteiger partial charge on any atom is 0.327 e. The second-order valence-electron chi connectivity index (χ2n) is 3.94. The van der Waals surface area contributed by atoms with Crippen molar-refractivity contribution < 1.29 is 30.0 Å². The van der Waals surface area contributed by atoms with Crippen LogP contribution in [0.15, 0.2) is 24.8 Å². The second-order valence-corrected chi connectivity index (χ2v) is 3.94. The number of carbonyl (C=O) groups is 1. The number of carboxylic acid groups (broad SMARTS) is 1. The minimum atomic E-state index is -1.10. The van der Waals surface area contributed by atoms with Crippen LogP contribution in [0.25, 0.3) is 0 Å². The molecule has 0 spiro atoms. The topological polar surface area (TPSA) is 138 Å². The summed E-state index contributed by atoms with van der Waals surface area (Å²) in [7, 11) is 0. The van der Waals surface area contributed by atoms with E-state index in [2.05, 4.69) is 10.1 Å². The molecule has 1 aromatic rings. The van der Waals surface area contributed by atoms with Crippen molar-refractivity contribution in [1.29, 1.82) is 0 Å². The normalized spacial score (nSPS) is 29.2. The Hall–Kier alpha value is -1.81. The molecule has 4 atom stereocenters. The average Bonchev–Trinajstić information content (AvgIpc) is 3.01. The molecule has 4 N–H and O–H groups in total. The smallest absolute Gasteiger partial charge is 0.327 e. The van der Waals surface area contributed by atoms with Crippen LogP contribution in [0.4, 0.5) is 0 Å². The second kappa shape index (κ2) is 7.70. The number of aliphatic carboxylic acids is 1. The highest BCUT2D eigenvalue weighted by Crippen LogP contribution is 2.27. The lowest BCUT2D eigenvalue weighted by molar-refractivity contribution is -0.131. The van der Waals surface area contributed by atoms with Crippen molar-refractivity contribution in [2.24, 2.45) is 0 Å². The van der Waals surface area contributed by atoms with Gasteiger partial charge in [-0.25, -0.2) is 14.5 Å². The highest BCUT2D eigenvalue weighted by molar-refractivity contribution is 5.79. The van der Waals surface area contributed by atoms with Crippen molar-refractivity contribution in [3.63, 3.8) is 0 Å². The molecule has 0 bridgehead atoms. The zero-order valence-corrected chi connectivity index (χ0v) is 10.8. The van der Waals surface area contributed by atoms with Crippen LogP contribution < -0.4 is 0 Å². The molecule has 0 saturated carbocycles. The molecule has 0 unspecified atom stereocenters. The van der Waals surface area contributed by atoms with Gasteiger partial charge in [-0.2, -0.15) is 5.10 Å². The Balaban J connectivity index is 0.000000286. The molecule has 20 heavy (non-hydrogen) atoms. The fourth-order valence-corrected chi connectivity index (χ4v) is 1.59. The van der Waals surface area contributed by atoms with Gasteiger partial charge in [0.15, 0.2) is 6.23 Å². The summed E-state index contributed by atoms with van der Waals surface area (Å²) in [5.41, 5.74) is 0. The number of aliphatic hydroxyl groups is 3. The van der Waals surface area contributed by atoms with Crippen LogP contribution >= 0.6 is 0 Å². The summed E-state index contributed by atoms with van der Waals surface area (Å²) in [4.78, 5) is 13.2. The van der Waals surface area contributed by atoms with E-state index in [1.54, 1.807) is 6.92 Å². The molecule has 1 aliphatic rings. The lowest BCUT2D eigenvalue weighted by atomic mass is 10.1. The van der Waals surface area contributed by atoms with Crippen molar-refractivity contribution >= 4 is 5.97 Å². The number of hydrogen-bond donors (Lipinski definition) is 4. The van der Waals surface area contributed by atoms with E-state index in [1.807, 2.05) is 0 Å². The van der Waals surface area contributed by atoms with Crippen molar-refractivity contribution in [2.45, 2.75) is 31.5 Å². The number of carboxylic acids is 1. The third-order valence-corrected chi connectivity index (χ3v) is 2.52. The SMILES string of the molecule is CC=CC(=O)O.OC[C@H]1O[C@@H](n2cncn2)[C@H](O)[C@@H]1O. The lowest BCUT2D eigenvalue weighted by Crippen LogP contribution is -2.33. The van der Waals surface area contributed by atoms with Gasteiger partial charge in [0.1, 0.15) is 31.0 Å². The van der Waals surface area contributed by atoms with E-state index in [9.17, 15) is 15.0 Å². The number of allylic oxidation sites excluding steroid dienone is 1. The number of ether oxygens (including phenoxy) is 1. The van der Waals surface area contributed by atoms with Crippen LogP contribution in [0.5, 0.6) is 0 Å². The molecule has 1 aromatic heterocycles. The summed E-state index contributed by atoms with van der Waals surface area (Å²) in [5.74, 6) is -0.891. The highest BCUT2D eigenvalue weighted by atomic mass is 16.6. The molecule has 0 aromatic carbocycles. The Morgan fingerprint density at radius 3 is 2.50 bits per heavy atom. The van der Waals surface area contributed by atoms with Gasteiger partial charge in [-0.1, -0.05) is 6.08 Å². The quantitative estimate of drug-likeness (QED) is 0.495. The third-order valence-electron chi connectivity index (χ3n) is 2.52. The molecule has 1 fully saturated rings. The van der Waals surface area contributed by atoms with Crippen molar-refractivity contribution in [1.82, 2.24) is 14.8 Å². The van der Waals surface area contributed by atoms with Crippen LogP contribution in [0.3, 0.4) is 0 Å². The van der Waals surface area contributed by atoms with Gasteiger partial charge in [0.2, 0.25) is 0 Å². The molecule has 9 heteroatoms. The van der Waals surface area contributed by atoms with E-state index in [1.165, 1.54) is 23.4 Å². The minimum Gasteiger partial charge on any atom is -0.478 e. The van der Waals surface area contributed by atoms with Gasteiger partial charge in [-0.05, 0) is 6.92 Å². The van der Waals surface area contributed by atoms with Crippen LogP contribution in [0.1, 0.15) is 13.2 Å². The Labute approximate surface area is 114 Å². The van der Waals surface area contributed by atoms with Gasteiger partial charge >= 0.3 is 5.97 Å². The van der Waals surface area contributed by atoms with Gasteiger partial charge in [-0.3, -0.25) is 0 Å². The fraction of sp³-hybridized carbons (Fsp3) is 0.545. The Bertz CT molecular complexity index is 435. The van der Waals surface area contributed by atoms with Crippen molar-refractivity contribution in [3.05, 3.63) is 24.8 Å². The standard InChI is InChI=1S/C7H11N3O4.C4H6O2/c11-1-4-5(12)6(13)7(14-4)10-3-8-2-9-10;1-2-3-4(5)6/h2-7,11-13H,1H2;2-3H,1H3,(H,5,6)/t4-,5-,6-,7-;/m1./s1. The van der Waals surface area contributed by atoms with Crippen LogP contribution in [-0.2, 0) is 9.53 Å². The molecule has 1 aliphatic heterocycles. The average molecular weight is 287 g/mol. The van der Waals surface area contributed by atoms with Gasteiger partial charge in [0, 0.05) is 6.08 Å². The molecule has 0 radical (unpaired) electrons. The molecule has 1 saturated heterocycles. The number of rotatable bonds is 3.